The van der Waals surface area contributed by atoms with Gasteiger partial charge in [-0.3, -0.25) is 0 Å². The molecule has 0 aromatic heterocycles. The van der Waals surface area contributed by atoms with Crippen molar-refractivity contribution < 1.29 is 0 Å². The zero-order valence-electron chi connectivity index (χ0n) is 13.7. The molecule has 1 aliphatic carbocycles. The van der Waals surface area contributed by atoms with Crippen molar-refractivity contribution >= 4 is 12.2 Å². The van der Waals surface area contributed by atoms with E-state index in [-0.39, 0.29) is 0 Å². The maximum Gasteiger partial charge on any atom is -0.0191 e. The molecule has 2 aromatic carbocycles. The summed E-state index contributed by atoms with van der Waals surface area (Å²) < 4.78 is 0. The van der Waals surface area contributed by atoms with Gasteiger partial charge in [-0.2, -0.15) is 0 Å². The Morgan fingerprint density at radius 2 is 1.39 bits per heavy atom. The minimum Gasteiger partial charge on any atom is -0.0991 e. The highest BCUT2D eigenvalue weighted by molar-refractivity contribution is 5.57. The zero-order valence-corrected chi connectivity index (χ0v) is 13.7. The first-order chi connectivity index (χ1) is 11.3. The van der Waals surface area contributed by atoms with Crippen molar-refractivity contribution in [3.63, 3.8) is 0 Å². The molecule has 0 nitrogen and oxygen atoms in total. The van der Waals surface area contributed by atoms with E-state index < -0.39 is 0 Å². The van der Waals surface area contributed by atoms with Gasteiger partial charge in [0.15, 0.2) is 0 Å². The van der Waals surface area contributed by atoms with Crippen molar-refractivity contribution in [2.45, 2.75) is 13.3 Å². The van der Waals surface area contributed by atoms with Crippen LogP contribution < -0.4 is 0 Å². The van der Waals surface area contributed by atoms with Crippen molar-refractivity contribution in [2.75, 3.05) is 0 Å². The second-order valence-corrected chi connectivity index (χ2v) is 5.63. The highest BCUT2D eigenvalue weighted by Crippen LogP contribution is 2.38. The first kappa shape index (κ1) is 16.8. The van der Waals surface area contributed by atoms with Gasteiger partial charge in [0, 0.05) is 0 Å². The van der Waals surface area contributed by atoms with Crippen LogP contribution in [0.25, 0.3) is 12.2 Å². The molecule has 2 aromatic rings. The van der Waals surface area contributed by atoms with Crippen LogP contribution in [0.15, 0.2) is 97.1 Å². The lowest BCUT2D eigenvalue weighted by atomic mass is 10.2. The molecule has 0 spiro atoms. The van der Waals surface area contributed by atoms with Crippen LogP contribution in [0.2, 0.25) is 0 Å². The van der Waals surface area contributed by atoms with Crippen LogP contribution >= 0.6 is 0 Å². The molecule has 0 amide bonds. The smallest absolute Gasteiger partial charge is 0.0191 e. The van der Waals surface area contributed by atoms with Crippen molar-refractivity contribution in [1.82, 2.24) is 0 Å². The molecule has 0 bridgehead atoms. The Balaban J connectivity index is 0.000000167. The van der Waals surface area contributed by atoms with E-state index in [9.17, 15) is 0 Å². The van der Waals surface area contributed by atoms with E-state index in [0.717, 1.165) is 5.92 Å². The predicted octanol–water partition coefficient (Wildman–Crippen LogP) is 6.55. The van der Waals surface area contributed by atoms with Crippen molar-refractivity contribution in [3.05, 3.63) is 108 Å². The van der Waals surface area contributed by atoms with Crippen LogP contribution in [0.4, 0.5) is 0 Å². The number of allylic oxidation sites excluding steroid dienone is 5. The molecular weight excluding hydrogens is 276 g/mol. The molecule has 1 unspecified atom stereocenters. The Bertz CT molecular complexity index is 672. The van der Waals surface area contributed by atoms with Gasteiger partial charge in [0.05, 0.1) is 0 Å². The molecule has 116 valence electrons. The molecule has 1 fully saturated rings. The van der Waals surface area contributed by atoms with Gasteiger partial charge in [-0.15, -0.1) is 0 Å². The predicted molar refractivity (Wildman–Crippen MR) is 103 cm³/mol. The highest BCUT2D eigenvalue weighted by Gasteiger charge is 2.23. The Kier molecular flexibility index (Phi) is 6.87. The number of rotatable bonds is 4. The van der Waals surface area contributed by atoms with Gasteiger partial charge in [-0.05, 0) is 23.5 Å². The lowest BCUT2D eigenvalue weighted by Gasteiger charge is -1.88. The van der Waals surface area contributed by atoms with Crippen LogP contribution in [0, 0.1) is 5.92 Å². The van der Waals surface area contributed by atoms with Crippen molar-refractivity contribution in [1.29, 1.82) is 0 Å². The summed E-state index contributed by atoms with van der Waals surface area (Å²) in [5.74, 6) is 0.843. The summed E-state index contributed by atoms with van der Waals surface area (Å²) in [6.45, 7) is 5.86. The molecule has 1 aliphatic rings. The first-order valence-electron chi connectivity index (χ1n) is 8.06. The Labute approximate surface area is 140 Å². The standard InChI is InChI=1S/C12H12.C11H12/c1-2-3-4-6-9-12-10-7-5-8-11-12;1-9-7-11(9)8-10-5-3-2-4-6-10/h2-11H,1H2;2-6,8-9H,7H2,1H3. The number of hydrogen-bond donors (Lipinski definition) is 0. The van der Waals surface area contributed by atoms with Gasteiger partial charge < -0.3 is 0 Å². The SMILES string of the molecule is C=CC=CC=Cc1ccccc1.CC1CC1=Cc1ccccc1. The van der Waals surface area contributed by atoms with Crippen molar-refractivity contribution in [2.24, 2.45) is 5.92 Å². The summed E-state index contributed by atoms with van der Waals surface area (Å²) >= 11 is 0. The van der Waals surface area contributed by atoms with E-state index in [0.29, 0.717) is 0 Å². The molecule has 3 rings (SSSR count). The van der Waals surface area contributed by atoms with E-state index in [4.69, 9.17) is 0 Å². The topological polar surface area (TPSA) is 0 Å². The summed E-state index contributed by atoms with van der Waals surface area (Å²) in [4.78, 5) is 0. The van der Waals surface area contributed by atoms with E-state index in [1.807, 2.05) is 36.4 Å². The second kappa shape index (κ2) is 9.42. The van der Waals surface area contributed by atoms with E-state index in [1.54, 1.807) is 11.6 Å². The van der Waals surface area contributed by atoms with Gasteiger partial charge in [0.2, 0.25) is 0 Å². The summed E-state index contributed by atoms with van der Waals surface area (Å²) in [6.07, 6.45) is 13.3. The molecule has 0 heteroatoms. The molecule has 1 saturated carbocycles. The lowest BCUT2D eigenvalue weighted by Crippen LogP contribution is -1.67. The van der Waals surface area contributed by atoms with Crippen LogP contribution in [0.5, 0.6) is 0 Å². The largest absolute Gasteiger partial charge is 0.0991 e. The molecule has 0 heterocycles. The molecule has 23 heavy (non-hydrogen) atoms. The van der Waals surface area contributed by atoms with Crippen LogP contribution in [0.1, 0.15) is 24.5 Å². The zero-order chi connectivity index (χ0) is 16.3. The third-order valence-electron chi connectivity index (χ3n) is 3.61. The maximum atomic E-state index is 3.58. The van der Waals surface area contributed by atoms with Gasteiger partial charge >= 0.3 is 0 Å². The molecular formula is C23H24. The average molecular weight is 300 g/mol. The minimum absolute atomic E-state index is 0.843. The normalized spacial score (nSPS) is 18.0. The summed E-state index contributed by atoms with van der Waals surface area (Å²) in [6, 6.07) is 20.7. The molecule has 1 atom stereocenters. The Morgan fingerprint density at radius 1 is 0.826 bits per heavy atom. The van der Waals surface area contributed by atoms with Crippen molar-refractivity contribution in [3.8, 4) is 0 Å². The fourth-order valence-electron chi connectivity index (χ4n) is 2.13. The number of hydrogen-bond acceptors (Lipinski definition) is 0. The van der Waals surface area contributed by atoms with Crippen LogP contribution in [-0.2, 0) is 0 Å². The van der Waals surface area contributed by atoms with Crippen LogP contribution in [-0.4, -0.2) is 0 Å². The van der Waals surface area contributed by atoms with Gasteiger partial charge in [-0.25, -0.2) is 0 Å². The van der Waals surface area contributed by atoms with Gasteiger partial charge in [0.1, 0.15) is 0 Å². The Hall–Kier alpha value is -2.60. The molecule has 0 aliphatic heterocycles. The second-order valence-electron chi connectivity index (χ2n) is 5.63. The maximum absolute atomic E-state index is 3.58. The molecule has 0 saturated heterocycles. The Morgan fingerprint density at radius 3 is 1.91 bits per heavy atom. The van der Waals surface area contributed by atoms with E-state index in [1.165, 1.54) is 17.5 Å². The monoisotopic (exact) mass is 300 g/mol. The summed E-state index contributed by atoms with van der Waals surface area (Å²) in [5, 5.41) is 0. The molecule has 0 radical (unpaired) electrons. The fraction of sp³-hybridized carbons (Fsp3) is 0.130. The minimum atomic E-state index is 0.843. The van der Waals surface area contributed by atoms with Gasteiger partial charge in [0.25, 0.3) is 0 Å². The van der Waals surface area contributed by atoms with E-state index in [2.05, 4.69) is 68.1 Å². The third-order valence-corrected chi connectivity index (χ3v) is 3.61. The van der Waals surface area contributed by atoms with E-state index >= 15 is 0 Å². The number of benzene rings is 2. The quantitative estimate of drug-likeness (QED) is 0.561. The fourth-order valence-corrected chi connectivity index (χ4v) is 2.13. The summed E-state index contributed by atoms with van der Waals surface area (Å²) in [5.41, 5.74) is 4.15. The average Bonchev–Trinajstić information content (AvgIpc) is 3.29. The summed E-state index contributed by atoms with van der Waals surface area (Å²) in [7, 11) is 0. The lowest BCUT2D eigenvalue weighted by molar-refractivity contribution is 1.02. The van der Waals surface area contributed by atoms with Gasteiger partial charge in [-0.1, -0.05) is 116 Å². The third kappa shape index (κ3) is 6.80. The van der Waals surface area contributed by atoms with Crippen LogP contribution in [0.3, 0.4) is 0 Å². The highest BCUT2D eigenvalue weighted by atomic mass is 14.3. The molecule has 0 N–H and O–H groups in total. The first-order valence-corrected chi connectivity index (χ1v) is 8.06.